The maximum atomic E-state index is 9.63. The van der Waals surface area contributed by atoms with E-state index in [0.29, 0.717) is 12.4 Å². The first-order chi connectivity index (χ1) is 8.52. The van der Waals surface area contributed by atoms with E-state index in [1.165, 1.54) is 0 Å². The maximum absolute atomic E-state index is 9.63. The molecule has 1 fully saturated rings. The highest BCUT2D eigenvalue weighted by molar-refractivity contribution is 5.58. The van der Waals surface area contributed by atoms with Crippen LogP contribution in [0.1, 0.15) is 37.6 Å². The van der Waals surface area contributed by atoms with Crippen LogP contribution in [0.2, 0.25) is 0 Å². The number of hydrogen-bond acceptors (Lipinski definition) is 6. The monoisotopic (exact) mass is 251 g/mol. The van der Waals surface area contributed by atoms with Gasteiger partial charge >= 0.3 is 0 Å². The Kier molecular flexibility index (Phi) is 3.68. The number of nitrogens with zero attached hydrogens (tertiary/aromatic N) is 3. The third-order valence-electron chi connectivity index (χ3n) is 3.25. The summed E-state index contributed by atoms with van der Waals surface area (Å²) in [4.78, 5) is 11.1. The predicted octanol–water partition coefficient (Wildman–Crippen LogP) is 0.765. The highest BCUT2D eigenvalue weighted by Gasteiger charge is 2.24. The van der Waals surface area contributed by atoms with Gasteiger partial charge in [-0.2, -0.15) is 0 Å². The summed E-state index contributed by atoms with van der Waals surface area (Å²) in [5.41, 5.74) is 3.55. The number of aromatic nitrogens is 2. The molecule has 6 nitrogen and oxygen atoms in total. The molecule has 0 radical (unpaired) electrons. The number of nitrogens with two attached hydrogens (primary N) is 1. The summed E-state index contributed by atoms with van der Waals surface area (Å²) in [5, 5.41) is 9.63. The van der Waals surface area contributed by atoms with Gasteiger partial charge in [-0.05, 0) is 13.3 Å². The normalized spacial score (nSPS) is 19.7. The molecule has 1 aromatic rings. The second-order valence-corrected chi connectivity index (χ2v) is 5.07. The average molecular weight is 251 g/mol. The highest BCUT2D eigenvalue weighted by Crippen LogP contribution is 2.27. The fourth-order valence-corrected chi connectivity index (χ4v) is 2.16. The van der Waals surface area contributed by atoms with E-state index in [-0.39, 0.29) is 12.0 Å². The fraction of sp³-hybridized carbons (Fsp3) is 0.667. The Labute approximate surface area is 107 Å². The molecule has 0 amide bonds. The number of β-amino-alcohol motifs (C(OH)–C–C–N with tert-alkyl or cyclic N) is 1. The molecule has 0 saturated carbocycles. The summed E-state index contributed by atoms with van der Waals surface area (Å²) in [6.45, 7) is 7.49. The lowest BCUT2D eigenvalue weighted by Crippen LogP contribution is -2.25. The number of nitrogen functional groups attached to an aromatic ring is 1. The number of aliphatic hydroxyl groups is 1. The molecule has 0 spiro atoms. The molecule has 1 atom stereocenters. The van der Waals surface area contributed by atoms with Crippen molar-refractivity contribution in [2.45, 2.75) is 39.2 Å². The summed E-state index contributed by atoms with van der Waals surface area (Å²) < 4.78 is 0. The average Bonchev–Trinajstić information content (AvgIpc) is 2.75. The summed E-state index contributed by atoms with van der Waals surface area (Å²) in [5.74, 6) is 8.05. The summed E-state index contributed by atoms with van der Waals surface area (Å²) in [6.07, 6.45) is 0.516. The van der Waals surface area contributed by atoms with E-state index < -0.39 is 0 Å². The Morgan fingerprint density at radius 3 is 2.67 bits per heavy atom. The lowest BCUT2D eigenvalue weighted by molar-refractivity contribution is 0.198. The van der Waals surface area contributed by atoms with Crippen LogP contribution in [0.4, 0.5) is 11.6 Å². The zero-order valence-electron chi connectivity index (χ0n) is 11.1. The van der Waals surface area contributed by atoms with Crippen LogP contribution in [0, 0.1) is 6.92 Å². The minimum absolute atomic E-state index is 0.240. The van der Waals surface area contributed by atoms with Gasteiger partial charge in [0.05, 0.1) is 6.10 Å². The van der Waals surface area contributed by atoms with Crippen molar-refractivity contribution < 1.29 is 5.11 Å². The molecule has 1 aliphatic rings. The zero-order valence-corrected chi connectivity index (χ0v) is 11.1. The van der Waals surface area contributed by atoms with E-state index in [0.717, 1.165) is 30.2 Å². The number of aliphatic hydroxyl groups excluding tert-OH is 1. The molecule has 2 heterocycles. The minimum atomic E-state index is -0.267. The molecule has 1 saturated heterocycles. The van der Waals surface area contributed by atoms with Gasteiger partial charge in [0.25, 0.3) is 0 Å². The smallest absolute Gasteiger partial charge is 0.148 e. The van der Waals surface area contributed by atoms with Crippen LogP contribution in [-0.4, -0.2) is 34.3 Å². The molecule has 1 aromatic heterocycles. The second kappa shape index (κ2) is 5.07. The Balaban J connectivity index is 2.41. The van der Waals surface area contributed by atoms with Crippen LogP contribution in [0.25, 0.3) is 0 Å². The number of rotatable bonds is 3. The van der Waals surface area contributed by atoms with Crippen LogP contribution in [-0.2, 0) is 0 Å². The molecule has 0 aromatic carbocycles. The summed E-state index contributed by atoms with van der Waals surface area (Å²) in [6, 6.07) is 0. The van der Waals surface area contributed by atoms with Crippen molar-refractivity contribution in [1.29, 1.82) is 0 Å². The topological polar surface area (TPSA) is 87.3 Å². The van der Waals surface area contributed by atoms with Crippen molar-refractivity contribution in [1.82, 2.24) is 9.97 Å². The number of hydrogen-bond donors (Lipinski definition) is 3. The Morgan fingerprint density at radius 2 is 2.17 bits per heavy atom. The standard InChI is InChI=1S/C12H21N5O/c1-7(2)10-14-11(16-13)8(3)12(15-10)17-5-4-9(18)6-17/h7,9,18H,4-6,13H2,1-3H3,(H,14,15,16). The molecule has 1 aliphatic heterocycles. The van der Waals surface area contributed by atoms with Gasteiger partial charge in [0, 0.05) is 24.6 Å². The third-order valence-corrected chi connectivity index (χ3v) is 3.25. The molecule has 2 rings (SSSR count). The van der Waals surface area contributed by atoms with Crippen molar-refractivity contribution >= 4 is 11.6 Å². The molecule has 4 N–H and O–H groups in total. The fourth-order valence-electron chi connectivity index (χ4n) is 2.16. The Hall–Kier alpha value is -1.40. The van der Waals surface area contributed by atoms with Crippen LogP contribution >= 0.6 is 0 Å². The van der Waals surface area contributed by atoms with Gasteiger partial charge in [0.1, 0.15) is 17.5 Å². The number of anilines is 2. The van der Waals surface area contributed by atoms with E-state index >= 15 is 0 Å². The van der Waals surface area contributed by atoms with Gasteiger partial charge < -0.3 is 15.4 Å². The van der Waals surface area contributed by atoms with Gasteiger partial charge in [-0.15, -0.1) is 0 Å². The molecule has 0 bridgehead atoms. The molecule has 0 aliphatic carbocycles. The van der Waals surface area contributed by atoms with E-state index in [4.69, 9.17) is 5.84 Å². The van der Waals surface area contributed by atoms with Gasteiger partial charge in [-0.1, -0.05) is 13.8 Å². The van der Waals surface area contributed by atoms with Gasteiger partial charge in [0.2, 0.25) is 0 Å². The molecular weight excluding hydrogens is 230 g/mol. The maximum Gasteiger partial charge on any atom is 0.148 e. The van der Waals surface area contributed by atoms with Gasteiger partial charge in [-0.3, -0.25) is 0 Å². The van der Waals surface area contributed by atoms with Crippen molar-refractivity contribution in [3.63, 3.8) is 0 Å². The molecule has 1 unspecified atom stereocenters. The van der Waals surface area contributed by atoms with E-state index in [9.17, 15) is 5.11 Å². The molecule has 6 heteroatoms. The van der Waals surface area contributed by atoms with Crippen molar-refractivity contribution in [2.75, 3.05) is 23.4 Å². The summed E-state index contributed by atoms with van der Waals surface area (Å²) in [7, 11) is 0. The number of nitrogens with one attached hydrogen (secondary N) is 1. The Morgan fingerprint density at radius 1 is 1.44 bits per heavy atom. The van der Waals surface area contributed by atoms with Crippen molar-refractivity contribution in [3.8, 4) is 0 Å². The largest absolute Gasteiger partial charge is 0.391 e. The first-order valence-corrected chi connectivity index (χ1v) is 6.31. The molecule has 100 valence electrons. The van der Waals surface area contributed by atoms with Gasteiger partial charge in [0.15, 0.2) is 0 Å². The zero-order chi connectivity index (χ0) is 13.3. The minimum Gasteiger partial charge on any atom is -0.391 e. The van der Waals surface area contributed by atoms with Gasteiger partial charge in [-0.25, -0.2) is 15.8 Å². The van der Waals surface area contributed by atoms with Crippen LogP contribution in [0.3, 0.4) is 0 Å². The van der Waals surface area contributed by atoms with Crippen LogP contribution in [0.15, 0.2) is 0 Å². The van der Waals surface area contributed by atoms with Crippen LogP contribution in [0.5, 0.6) is 0 Å². The lowest BCUT2D eigenvalue weighted by atomic mass is 10.2. The van der Waals surface area contributed by atoms with E-state index in [1.54, 1.807) is 0 Å². The predicted molar refractivity (Wildman–Crippen MR) is 71.5 cm³/mol. The van der Waals surface area contributed by atoms with E-state index in [1.807, 2.05) is 20.8 Å². The Bertz CT molecular complexity index is 435. The number of hydrazine groups is 1. The third kappa shape index (κ3) is 2.39. The lowest BCUT2D eigenvalue weighted by Gasteiger charge is -2.21. The molecule has 18 heavy (non-hydrogen) atoms. The second-order valence-electron chi connectivity index (χ2n) is 5.07. The SMILES string of the molecule is Cc1c(NN)nc(C(C)C)nc1N1CCC(O)C1. The highest BCUT2D eigenvalue weighted by atomic mass is 16.3. The molecular formula is C12H21N5O. The van der Waals surface area contributed by atoms with Crippen LogP contribution < -0.4 is 16.2 Å². The first-order valence-electron chi connectivity index (χ1n) is 6.31. The van der Waals surface area contributed by atoms with Crippen molar-refractivity contribution in [3.05, 3.63) is 11.4 Å². The quantitative estimate of drug-likeness (QED) is 0.543. The first kappa shape index (κ1) is 13.0. The van der Waals surface area contributed by atoms with Crippen molar-refractivity contribution in [2.24, 2.45) is 5.84 Å². The summed E-state index contributed by atoms with van der Waals surface area (Å²) >= 11 is 0. The van der Waals surface area contributed by atoms with E-state index in [2.05, 4.69) is 20.3 Å².